The molecule has 0 spiro atoms. The van der Waals surface area contributed by atoms with Gasteiger partial charge in [-0.15, -0.1) is 0 Å². The van der Waals surface area contributed by atoms with Gasteiger partial charge in [-0.25, -0.2) is 9.69 Å². The molecule has 6 nitrogen and oxygen atoms in total. The van der Waals surface area contributed by atoms with Crippen molar-refractivity contribution in [3.05, 3.63) is 72.1 Å². The highest BCUT2D eigenvalue weighted by molar-refractivity contribution is 7.74. The lowest BCUT2D eigenvalue weighted by Gasteiger charge is -2.36. The Labute approximate surface area is 255 Å². The van der Waals surface area contributed by atoms with Crippen LogP contribution in [0.3, 0.4) is 0 Å². The van der Waals surface area contributed by atoms with E-state index in [1.165, 1.54) is 0 Å². The molecule has 0 aromatic heterocycles. The Morgan fingerprint density at radius 1 is 1.00 bits per heavy atom. The van der Waals surface area contributed by atoms with Crippen LogP contribution in [0.25, 0.3) is 0 Å². The highest BCUT2D eigenvalue weighted by Gasteiger charge is 2.40. The average molecular weight is 614 g/mol. The number of hydrogen-bond donors (Lipinski definition) is 0. The van der Waals surface area contributed by atoms with Crippen LogP contribution in [0.15, 0.2) is 66.6 Å². The highest BCUT2D eigenvalue weighted by Crippen LogP contribution is 2.49. The van der Waals surface area contributed by atoms with Gasteiger partial charge in [0.2, 0.25) is 5.88 Å². The van der Waals surface area contributed by atoms with E-state index in [9.17, 15) is 4.79 Å². The second-order valence-corrected chi connectivity index (χ2v) is 21.5. The molecule has 2 aromatic carbocycles. The van der Waals surface area contributed by atoms with E-state index in [1.54, 1.807) is 4.90 Å². The van der Waals surface area contributed by atoms with Gasteiger partial charge in [0.05, 0.1) is 17.2 Å². The predicted octanol–water partition coefficient (Wildman–Crippen LogP) is 8.99. The summed E-state index contributed by atoms with van der Waals surface area (Å²) >= 11 is 0. The van der Waals surface area contributed by atoms with Gasteiger partial charge < -0.3 is 13.7 Å². The number of carbonyl (C=O) groups is 1. The van der Waals surface area contributed by atoms with Crippen molar-refractivity contribution in [2.45, 2.75) is 105 Å². The highest BCUT2D eigenvalue weighted by atomic mass is 31.2. The molecule has 8 heteroatoms. The first-order chi connectivity index (χ1) is 19.4. The van der Waals surface area contributed by atoms with Crippen molar-refractivity contribution in [1.82, 2.24) is 4.90 Å². The third-order valence-corrected chi connectivity index (χ3v) is 15.0. The molecule has 232 valence electrons. The third-order valence-electron chi connectivity index (χ3n) is 8.04. The molecule has 3 rings (SSSR count). The van der Waals surface area contributed by atoms with Gasteiger partial charge in [-0.3, -0.25) is 4.57 Å². The predicted molar refractivity (Wildman–Crippen MR) is 176 cm³/mol. The topological polar surface area (TPSA) is 65.1 Å². The lowest BCUT2D eigenvalue weighted by molar-refractivity contribution is 0.0216. The molecule has 0 fully saturated rings. The van der Waals surface area contributed by atoms with Crippen LogP contribution in [-0.2, 0) is 24.9 Å². The van der Waals surface area contributed by atoms with Gasteiger partial charge in [0.25, 0.3) is 0 Å². The Kier molecular flexibility index (Phi) is 11.0. The zero-order valence-electron chi connectivity index (χ0n) is 27.4. The maximum absolute atomic E-state index is 15.4. The van der Waals surface area contributed by atoms with E-state index in [-0.39, 0.29) is 11.0 Å². The Morgan fingerprint density at radius 3 is 2.21 bits per heavy atom. The van der Waals surface area contributed by atoms with E-state index < -0.39 is 27.4 Å². The largest absolute Gasteiger partial charge is 0.443 e. The van der Waals surface area contributed by atoms with E-state index in [2.05, 4.69) is 47.7 Å². The van der Waals surface area contributed by atoms with E-state index in [0.29, 0.717) is 35.6 Å². The fourth-order valence-corrected chi connectivity index (χ4v) is 8.04. The summed E-state index contributed by atoms with van der Waals surface area (Å²) in [6, 6.07) is 17.0. The quantitative estimate of drug-likeness (QED) is 0.209. The first-order valence-corrected chi connectivity index (χ1v) is 19.7. The zero-order valence-corrected chi connectivity index (χ0v) is 29.3. The molecule has 0 saturated heterocycles. The molecular formula is C34H52NO5PSi. The number of carbonyl (C=O) groups excluding carboxylic acids is 1. The normalized spacial score (nSPS) is 18.2. The first-order valence-electron chi connectivity index (χ1n) is 15.2. The van der Waals surface area contributed by atoms with Crippen LogP contribution < -0.4 is 10.6 Å². The maximum atomic E-state index is 15.4. The fourth-order valence-electron chi connectivity index (χ4n) is 4.81. The van der Waals surface area contributed by atoms with Gasteiger partial charge in [0.15, 0.2) is 8.32 Å². The van der Waals surface area contributed by atoms with Crippen LogP contribution in [0.5, 0.6) is 0 Å². The molecule has 0 aliphatic carbocycles. The molecule has 0 saturated carbocycles. The summed E-state index contributed by atoms with van der Waals surface area (Å²) in [5.41, 5.74) is 0.143. The summed E-state index contributed by atoms with van der Waals surface area (Å²) in [7, 11) is -5.81. The fraction of sp³-hybridized carbons (Fsp3) is 0.559. The smallest absolute Gasteiger partial charge is 0.417 e. The van der Waals surface area contributed by atoms with Crippen LogP contribution in [-0.4, -0.2) is 31.5 Å². The molecular weight excluding hydrogens is 561 g/mol. The van der Waals surface area contributed by atoms with Gasteiger partial charge in [0, 0.05) is 6.54 Å². The standard InChI is InChI=1S/C34H52NO5PSi/c1-26(2)23-27-17-16-22-31(35(24-27)32(36)39-33(3,4)5)40-41(37,29-19-12-11-13-20-29)30-21-15-14-18-28(30)25-38-42(9,10)34(6,7)8/h11-15,18-22,26-27H,16-17,23-25H2,1-10H3. The first kappa shape index (κ1) is 34.2. The minimum atomic E-state index is -3.73. The van der Waals surface area contributed by atoms with Crippen molar-refractivity contribution in [2.24, 2.45) is 11.8 Å². The van der Waals surface area contributed by atoms with Gasteiger partial charge >= 0.3 is 13.5 Å². The molecule has 2 atom stereocenters. The Morgan fingerprint density at radius 2 is 1.62 bits per heavy atom. The van der Waals surface area contributed by atoms with Gasteiger partial charge in [-0.2, -0.15) is 0 Å². The van der Waals surface area contributed by atoms with E-state index in [0.717, 1.165) is 24.8 Å². The number of nitrogens with zero attached hydrogens (tertiary/aromatic N) is 1. The number of benzene rings is 2. The molecule has 1 amide bonds. The van der Waals surface area contributed by atoms with Gasteiger partial charge in [-0.05, 0) is 99.8 Å². The summed E-state index contributed by atoms with van der Waals surface area (Å²) in [6.45, 7) is 21.8. The van der Waals surface area contributed by atoms with E-state index in [1.807, 2.05) is 81.4 Å². The molecule has 1 aliphatic rings. The van der Waals surface area contributed by atoms with Crippen LogP contribution in [0.2, 0.25) is 18.1 Å². The third kappa shape index (κ3) is 8.84. The monoisotopic (exact) mass is 613 g/mol. The molecule has 0 radical (unpaired) electrons. The Balaban J connectivity index is 2.09. The number of rotatable bonds is 9. The van der Waals surface area contributed by atoms with Crippen LogP contribution >= 0.6 is 7.37 Å². The van der Waals surface area contributed by atoms with Crippen LogP contribution in [0.4, 0.5) is 4.79 Å². The summed E-state index contributed by atoms with van der Waals surface area (Å²) in [4.78, 5) is 15.2. The summed E-state index contributed by atoms with van der Waals surface area (Å²) < 4.78 is 34.5. The molecule has 1 aliphatic heterocycles. The molecule has 2 aromatic rings. The summed E-state index contributed by atoms with van der Waals surface area (Å²) in [5, 5.41) is 1.19. The molecule has 1 heterocycles. The number of allylic oxidation sites excluding steroid dienone is 1. The maximum Gasteiger partial charge on any atom is 0.417 e. The van der Waals surface area contributed by atoms with Crippen LogP contribution in [0.1, 0.15) is 80.2 Å². The Bertz CT molecular complexity index is 1280. The number of ether oxygens (including phenoxy) is 1. The number of hydrogen-bond acceptors (Lipinski definition) is 5. The Hall–Kier alpha value is -2.34. The lowest BCUT2D eigenvalue weighted by Crippen LogP contribution is -2.41. The lowest BCUT2D eigenvalue weighted by atomic mass is 9.93. The van der Waals surface area contributed by atoms with E-state index in [4.69, 9.17) is 13.7 Å². The SMILES string of the molecule is CC(C)CC1CCC=C(OP(=O)(c2ccccc2)c2ccccc2CO[Si](C)(C)C(C)(C)C)N(C(=O)OC(C)(C)C)C1. The second kappa shape index (κ2) is 13.5. The minimum Gasteiger partial charge on any atom is -0.443 e. The van der Waals surface area contributed by atoms with E-state index >= 15 is 4.57 Å². The molecule has 42 heavy (non-hydrogen) atoms. The van der Waals surface area contributed by atoms with Crippen molar-refractivity contribution >= 4 is 32.4 Å². The molecule has 2 unspecified atom stereocenters. The van der Waals surface area contributed by atoms with Gasteiger partial charge in [-0.1, -0.05) is 71.0 Å². The van der Waals surface area contributed by atoms with Crippen molar-refractivity contribution in [3.63, 3.8) is 0 Å². The van der Waals surface area contributed by atoms with Crippen molar-refractivity contribution in [1.29, 1.82) is 0 Å². The van der Waals surface area contributed by atoms with Crippen molar-refractivity contribution in [3.8, 4) is 0 Å². The summed E-state index contributed by atoms with van der Waals surface area (Å²) in [6.07, 6.45) is 4.03. The molecule has 0 bridgehead atoms. The average Bonchev–Trinajstić information content (AvgIpc) is 3.08. The number of amides is 1. The van der Waals surface area contributed by atoms with Crippen molar-refractivity contribution < 1.29 is 23.0 Å². The summed E-state index contributed by atoms with van der Waals surface area (Å²) in [5.74, 6) is 1.06. The van der Waals surface area contributed by atoms with Crippen LogP contribution in [0, 0.1) is 11.8 Å². The second-order valence-electron chi connectivity index (χ2n) is 14.4. The zero-order chi connectivity index (χ0) is 31.3. The molecule has 0 N–H and O–H groups in total. The van der Waals surface area contributed by atoms with Gasteiger partial charge in [0.1, 0.15) is 5.60 Å². The minimum absolute atomic E-state index is 0.0349. The van der Waals surface area contributed by atoms with Crippen molar-refractivity contribution in [2.75, 3.05) is 6.54 Å².